The number of unbranched alkanes of at least 4 members (excludes halogenated alkanes) is 4. The van der Waals surface area contributed by atoms with Gasteiger partial charge in [-0.2, -0.15) is 0 Å². The molecule has 0 aromatic heterocycles. The van der Waals surface area contributed by atoms with Crippen molar-refractivity contribution >= 4 is 53.1 Å². The van der Waals surface area contributed by atoms with Gasteiger partial charge in [0.2, 0.25) is 6.41 Å². The van der Waals surface area contributed by atoms with Gasteiger partial charge in [-0.15, -0.1) is 11.8 Å². The molecule has 2 aromatic carbocycles. The minimum atomic E-state index is 0.704. The Kier molecular flexibility index (Phi) is 18.6. The molecule has 31 heavy (non-hydrogen) atoms. The van der Waals surface area contributed by atoms with Gasteiger partial charge in [0, 0.05) is 28.9 Å². The standard InChI is InChI=1S/C14H21NOS.C9H12ClNS.C2H6/c1-2-3-4-5-6-11-17-14-9-7-13(8-10-14)15-12-16;1-7-4-5-8(10)6-9(7)11(2)12-3;1-2/h7-10,12H,2-6,11H2,1H3,(H,15,16);4-6H,1-3H3;1-2H3. The van der Waals surface area contributed by atoms with Crippen molar-refractivity contribution in [1.29, 1.82) is 0 Å². The summed E-state index contributed by atoms with van der Waals surface area (Å²) >= 11 is 9.45. The average Bonchev–Trinajstić information content (AvgIpc) is 2.80. The number of hydrogen-bond acceptors (Lipinski definition) is 4. The molecule has 3 nitrogen and oxygen atoms in total. The summed E-state index contributed by atoms with van der Waals surface area (Å²) in [5, 5.41) is 3.42. The Labute approximate surface area is 203 Å². The molecule has 0 atom stereocenters. The van der Waals surface area contributed by atoms with E-state index in [4.69, 9.17) is 11.6 Å². The topological polar surface area (TPSA) is 32.3 Å². The van der Waals surface area contributed by atoms with Crippen LogP contribution >= 0.6 is 35.3 Å². The number of nitrogens with one attached hydrogen (secondary N) is 1. The molecule has 2 aromatic rings. The van der Waals surface area contributed by atoms with Crippen molar-refractivity contribution in [2.24, 2.45) is 0 Å². The van der Waals surface area contributed by atoms with Crippen molar-refractivity contribution in [1.82, 2.24) is 0 Å². The first-order chi connectivity index (χ1) is 15.0. The van der Waals surface area contributed by atoms with Crippen LogP contribution in [0.4, 0.5) is 11.4 Å². The summed E-state index contributed by atoms with van der Waals surface area (Å²) < 4.78 is 2.10. The van der Waals surface area contributed by atoms with Crippen molar-refractivity contribution in [2.75, 3.05) is 28.7 Å². The molecule has 6 heteroatoms. The molecule has 0 radical (unpaired) electrons. The van der Waals surface area contributed by atoms with Gasteiger partial charge in [0.1, 0.15) is 0 Å². The van der Waals surface area contributed by atoms with E-state index in [1.807, 2.05) is 69.2 Å². The number of thioether (sulfide) groups is 1. The van der Waals surface area contributed by atoms with Crippen LogP contribution in [-0.2, 0) is 4.79 Å². The third kappa shape index (κ3) is 13.7. The molecule has 0 aliphatic carbocycles. The van der Waals surface area contributed by atoms with Crippen LogP contribution in [0.1, 0.15) is 58.4 Å². The van der Waals surface area contributed by atoms with Crippen LogP contribution in [0.25, 0.3) is 0 Å². The Balaban J connectivity index is 0.000000564. The minimum Gasteiger partial charge on any atom is -0.329 e. The summed E-state index contributed by atoms with van der Waals surface area (Å²) in [7, 11) is 2.03. The SMILES string of the molecule is CC.CCCCCCCSc1ccc(NC=O)cc1.CSN(C)c1cc(Cl)ccc1C. The highest BCUT2D eigenvalue weighted by atomic mass is 35.5. The van der Waals surface area contributed by atoms with Crippen LogP contribution < -0.4 is 9.62 Å². The first-order valence-corrected chi connectivity index (χ1v) is 13.5. The lowest BCUT2D eigenvalue weighted by Gasteiger charge is -2.17. The molecule has 0 spiro atoms. The van der Waals surface area contributed by atoms with E-state index in [1.165, 1.54) is 54.0 Å². The minimum absolute atomic E-state index is 0.704. The van der Waals surface area contributed by atoms with E-state index in [0.717, 1.165) is 10.7 Å². The van der Waals surface area contributed by atoms with Gasteiger partial charge in [-0.3, -0.25) is 4.79 Å². The van der Waals surface area contributed by atoms with Gasteiger partial charge in [0.15, 0.2) is 0 Å². The van der Waals surface area contributed by atoms with Crippen molar-refractivity contribution in [3.63, 3.8) is 0 Å². The summed E-state index contributed by atoms with van der Waals surface area (Å²) in [5.41, 5.74) is 3.28. The lowest BCUT2D eigenvalue weighted by molar-refractivity contribution is -0.105. The fourth-order valence-electron chi connectivity index (χ4n) is 2.63. The molecule has 0 saturated heterocycles. The van der Waals surface area contributed by atoms with Crippen molar-refractivity contribution < 1.29 is 4.79 Å². The third-order valence-electron chi connectivity index (χ3n) is 4.38. The highest BCUT2D eigenvalue weighted by molar-refractivity contribution is 8.00. The molecule has 0 aliphatic rings. The molecule has 1 N–H and O–H groups in total. The predicted octanol–water partition coefficient (Wildman–Crippen LogP) is 8.71. The Morgan fingerprint density at radius 3 is 2.26 bits per heavy atom. The van der Waals surface area contributed by atoms with Crippen LogP contribution in [-0.4, -0.2) is 25.5 Å². The highest BCUT2D eigenvalue weighted by Gasteiger charge is 2.03. The molecule has 0 aliphatic heterocycles. The number of amides is 1. The molecule has 2 rings (SSSR count). The summed E-state index contributed by atoms with van der Waals surface area (Å²) in [6.45, 7) is 8.32. The zero-order valence-electron chi connectivity index (χ0n) is 19.9. The number of aryl methyl sites for hydroxylation is 1. The number of halogens is 1. The summed E-state index contributed by atoms with van der Waals surface area (Å²) in [6.07, 6.45) is 9.40. The average molecular weight is 483 g/mol. The zero-order valence-corrected chi connectivity index (χ0v) is 22.3. The fraction of sp³-hybridized carbons (Fsp3) is 0.480. The molecular formula is C25H39ClN2OS2. The number of anilines is 2. The van der Waals surface area contributed by atoms with Crippen LogP contribution in [0, 0.1) is 6.92 Å². The third-order valence-corrected chi connectivity index (χ3v) is 6.46. The molecule has 0 fully saturated rings. The number of carbonyl (C=O) groups is 1. The number of benzene rings is 2. The monoisotopic (exact) mass is 482 g/mol. The molecule has 174 valence electrons. The van der Waals surface area contributed by atoms with Gasteiger partial charge in [0.25, 0.3) is 0 Å². The number of hydrogen-bond donors (Lipinski definition) is 1. The lowest BCUT2D eigenvalue weighted by Crippen LogP contribution is -2.06. The van der Waals surface area contributed by atoms with Gasteiger partial charge < -0.3 is 9.62 Å². The van der Waals surface area contributed by atoms with E-state index in [0.29, 0.717) is 6.41 Å². The van der Waals surface area contributed by atoms with E-state index in [1.54, 1.807) is 11.9 Å². The van der Waals surface area contributed by atoms with Crippen LogP contribution in [0.15, 0.2) is 47.4 Å². The van der Waals surface area contributed by atoms with E-state index < -0.39 is 0 Å². The normalized spacial score (nSPS) is 9.65. The maximum absolute atomic E-state index is 10.2. The first kappa shape index (κ1) is 29.7. The Bertz CT molecular complexity index is 711. The molecular weight excluding hydrogens is 444 g/mol. The molecule has 0 bridgehead atoms. The van der Waals surface area contributed by atoms with Crippen LogP contribution in [0.5, 0.6) is 0 Å². The van der Waals surface area contributed by atoms with Gasteiger partial charge in [0.05, 0.1) is 5.69 Å². The predicted molar refractivity (Wildman–Crippen MR) is 145 cm³/mol. The quantitative estimate of drug-likeness (QED) is 0.150. The molecule has 1 amide bonds. The molecule has 0 heterocycles. The maximum Gasteiger partial charge on any atom is 0.211 e. The maximum atomic E-state index is 10.2. The largest absolute Gasteiger partial charge is 0.329 e. The number of nitrogens with zero attached hydrogens (tertiary/aromatic N) is 1. The van der Waals surface area contributed by atoms with E-state index in [2.05, 4.69) is 35.6 Å². The molecule has 0 unspecified atom stereocenters. The van der Waals surface area contributed by atoms with Crippen molar-refractivity contribution in [2.45, 2.75) is 64.7 Å². The van der Waals surface area contributed by atoms with Gasteiger partial charge in [-0.05, 0) is 61.1 Å². The van der Waals surface area contributed by atoms with E-state index in [-0.39, 0.29) is 0 Å². The second kappa shape index (κ2) is 19.4. The molecule has 0 saturated carbocycles. The zero-order chi connectivity index (χ0) is 23.5. The summed E-state index contributed by atoms with van der Waals surface area (Å²) in [5.74, 6) is 1.18. The second-order valence-corrected chi connectivity index (χ2v) is 9.18. The smallest absolute Gasteiger partial charge is 0.211 e. The number of rotatable bonds is 11. The van der Waals surface area contributed by atoms with Crippen molar-refractivity contribution in [3.05, 3.63) is 53.1 Å². The Morgan fingerprint density at radius 1 is 1.03 bits per heavy atom. The fourth-order valence-corrected chi connectivity index (χ4v) is 4.10. The Hall–Kier alpha value is -1.30. The first-order valence-electron chi connectivity index (χ1n) is 11.0. The van der Waals surface area contributed by atoms with E-state index >= 15 is 0 Å². The van der Waals surface area contributed by atoms with E-state index in [9.17, 15) is 4.79 Å². The van der Waals surface area contributed by atoms with Crippen LogP contribution in [0.3, 0.4) is 0 Å². The summed E-state index contributed by atoms with van der Waals surface area (Å²) in [6, 6.07) is 13.9. The Morgan fingerprint density at radius 2 is 1.68 bits per heavy atom. The highest BCUT2D eigenvalue weighted by Crippen LogP contribution is 2.26. The van der Waals surface area contributed by atoms with Crippen molar-refractivity contribution in [3.8, 4) is 0 Å². The van der Waals surface area contributed by atoms with Gasteiger partial charge in [-0.1, -0.05) is 76.1 Å². The lowest BCUT2D eigenvalue weighted by atomic mass is 10.2. The number of carbonyl (C=O) groups excluding carboxylic acids is 1. The van der Waals surface area contributed by atoms with Gasteiger partial charge >= 0.3 is 0 Å². The second-order valence-electron chi connectivity index (χ2n) is 6.66. The van der Waals surface area contributed by atoms with Gasteiger partial charge in [-0.25, -0.2) is 0 Å². The summed E-state index contributed by atoms with van der Waals surface area (Å²) in [4.78, 5) is 11.5. The van der Waals surface area contributed by atoms with Crippen LogP contribution in [0.2, 0.25) is 5.02 Å².